The molecule has 0 aliphatic carbocycles. The van der Waals surface area contributed by atoms with Crippen LogP contribution in [-0.4, -0.2) is 19.3 Å². The van der Waals surface area contributed by atoms with Crippen molar-refractivity contribution in [3.8, 4) is 0 Å². The third kappa shape index (κ3) is 2.57. The molecule has 0 radical (unpaired) electrons. The van der Waals surface area contributed by atoms with Crippen molar-refractivity contribution >= 4 is 27.3 Å². The van der Waals surface area contributed by atoms with Gasteiger partial charge in [0.05, 0.1) is 6.61 Å². The molecule has 1 aromatic heterocycles. The Bertz CT molecular complexity index is 296. The molecule has 1 aliphatic heterocycles. The average Bonchev–Trinajstić information content (AvgIpc) is 2.75. The SMILES string of the molecule is NC(Cc1cc(Br)cs1)C1CCOC1. The summed E-state index contributed by atoms with van der Waals surface area (Å²) in [5.41, 5.74) is 6.13. The van der Waals surface area contributed by atoms with Gasteiger partial charge in [0.2, 0.25) is 0 Å². The van der Waals surface area contributed by atoms with Gasteiger partial charge >= 0.3 is 0 Å². The highest BCUT2D eigenvalue weighted by Gasteiger charge is 2.23. The van der Waals surface area contributed by atoms with E-state index in [0.717, 1.165) is 30.5 Å². The first-order valence-electron chi connectivity index (χ1n) is 4.82. The third-order valence-corrected chi connectivity index (χ3v) is 4.35. The molecule has 2 nitrogen and oxygen atoms in total. The van der Waals surface area contributed by atoms with Gasteiger partial charge in [-0.2, -0.15) is 0 Å². The molecule has 1 fully saturated rings. The van der Waals surface area contributed by atoms with Gasteiger partial charge in [-0.15, -0.1) is 11.3 Å². The minimum Gasteiger partial charge on any atom is -0.381 e. The number of nitrogens with two attached hydrogens (primary N) is 1. The Hall–Kier alpha value is 0.1000. The van der Waals surface area contributed by atoms with E-state index in [2.05, 4.69) is 27.4 Å². The molecule has 1 saturated heterocycles. The number of hydrogen-bond donors (Lipinski definition) is 1. The molecule has 1 aliphatic rings. The molecule has 0 spiro atoms. The molecular weight excluding hydrogens is 262 g/mol. The van der Waals surface area contributed by atoms with Crippen molar-refractivity contribution < 1.29 is 4.74 Å². The van der Waals surface area contributed by atoms with E-state index in [0.29, 0.717) is 5.92 Å². The van der Waals surface area contributed by atoms with Crippen LogP contribution in [0.4, 0.5) is 0 Å². The highest BCUT2D eigenvalue weighted by atomic mass is 79.9. The maximum absolute atomic E-state index is 6.13. The Balaban J connectivity index is 1.90. The molecule has 0 saturated carbocycles. The molecule has 0 amide bonds. The van der Waals surface area contributed by atoms with Gasteiger partial charge in [-0.25, -0.2) is 0 Å². The fourth-order valence-electron chi connectivity index (χ4n) is 1.75. The topological polar surface area (TPSA) is 35.2 Å². The first kappa shape index (κ1) is 10.6. The molecule has 2 rings (SSSR count). The molecular formula is C10H14BrNOS. The Morgan fingerprint density at radius 2 is 2.57 bits per heavy atom. The van der Waals surface area contributed by atoms with Crippen LogP contribution in [0, 0.1) is 5.92 Å². The van der Waals surface area contributed by atoms with Crippen LogP contribution < -0.4 is 5.73 Å². The molecule has 0 aromatic carbocycles. The van der Waals surface area contributed by atoms with E-state index in [1.807, 2.05) is 0 Å². The van der Waals surface area contributed by atoms with Gasteiger partial charge in [0, 0.05) is 27.4 Å². The molecule has 1 aromatic rings. The lowest BCUT2D eigenvalue weighted by Gasteiger charge is -2.16. The zero-order valence-electron chi connectivity index (χ0n) is 7.91. The fourth-order valence-corrected chi connectivity index (χ4v) is 3.27. The number of hydrogen-bond acceptors (Lipinski definition) is 3. The van der Waals surface area contributed by atoms with E-state index in [9.17, 15) is 0 Å². The molecule has 2 N–H and O–H groups in total. The number of halogens is 1. The fraction of sp³-hybridized carbons (Fsp3) is 0.600. The summed E-state index contributed by atoms with van der Waals surface area (Å²) in [6, 6.07) is 2.41. The van der Waals surface area contributed by atoms with Gasteiger partial charge in [-0.1, -0.05) is 0 Å². The van der Waals surface area contributed by atoms with E-state index < -0.39 is 0 Å². The van der Waals surface area contributed by atoms with E-state index in [1.165, 1.54) is 4.88 Å². The minimum absolute atomic E-state index is 0.253. The van der Waals surface area contributed by atoms with Gasteiger partial charge in [-0.3, -0.25) is 0 Å². The molecule has 4 heteroatoms. The average molecular weight is 276 g/mol. The first-order valence-corrected chi connectivity index (χ1v) is 6.49. The first-order chi connectivity index (χ1) is 6.75. The van der Waals surface area contributed by atoms with Crippen LogP contribution in [0.1, 0.15) is 11.3 Å². The van der Waals surface area contributed by atoms with Crippen molar-refractivity contribution in [2.75, 3.05) is 13.2 Å². The van der Waals surface area contributed by atoms with Crippen molar-refractivity contribution in [2.45, 2.75) is 18.9 Å². The lowest BCUT2D eigenvalue weighted by molar-refractivity contribution is 0.180. The highest BCUT2D eigenvalue weighted by molar-refractivity contribution is 9.10. The molecule has 0 bridgehead atoms. The normalized spacial score (nSPS) is 24.0. The number of thiophene rings is 1. The summed E-state index contributed by atoms with van der Waals surface area (Å²) < 4.78 is 6.49. The van der Waals surface area contributed by atoms with Crippen molar-refractivity contribution in [2.24, 2.45) is 11.7 Å². The predicted octanol–water partition coefficient (Wildman–Crippen LogP) is 2.42. The Kier molecular flexibility index (Phi) is 3.60. The van der Waals surface area contributed by atoms with Crippen LogP contribution in [0.3, 0.4) is 0 Å². The van der Waals surface area contributed by atoms with E-state index in [4.69, 9.17) is 10.5 Å². The summed E-state index contributed by atoms with van der Waals surface area (Å²) >= 11 is 5.22. The standard InChI is InChI=1S/C10H14BrNOS/c11-8-3-9(14-6-8)4-10(12)7-1-2-13-5-7/h3,6-7,10H,1-2,4-5,12H2. The van der Waals surface area contributed by atoms with Gasteiger partial charge < -0.3 is 10.5 Å². The lowest BCUT2D eigenvalue weighted by Crippen LogP contribution is -2.32. The summed E-state index contributed by atoms with van der Waals surface area (Å²) in [5.74, 6) is 0.552. The van der Waals surface area contributed by atoms with Crippen LogP contribution in [0.2, 0.25) is 0 Å². The third-order valence-electron chi connectivity index (χ3n) is 2.63. The summed E-state index contributed by atoms with van der Waals surface area (Å²) in [7, 11) is 0. The number of ether oxygens (including phenoxy) is 1. The second-order valence-corrected chi connectivity index (χ2v) is 5.63. The van der Waals surface area contributed by atoms with Crippen molar-refractivity contribution in [1.29, 1.82) is 0 Å². The van der Waals surface area contributed by atoms with Gasteiger partial charge in [0.1, 0.15) is 0 Å². The Labute approximate surface area is 96.6 Å². The van der Waals surface area contributed by atoms with E-state index in [-0.39, 0.29) is 6.04 Å². The zero-order valence-corrected chi connectivity index (χ0v) is 10.3. The predicted molar refractivity (Wildman–Crippen MR) is 62.6 cm³/mol. The summed E-state index contributed by atoms with van der Waals surface area (Å²) in [5, 5.41) is 2.10. The summed E-state index contributed by atoms with van der Waals surface area (Å²) in [4.78, 5) is 1.36. The van der Waals surface area contributed by atoms with Gasteiger partial charge in [0.15, 0.2) is 0 Å². The lowest BCUT2D eigenvalue weighted by atomic mass is 9.97. The van der Waals surface area contributed by atoms with E-state index >= 15 is 0 Å². The quantitative estimate of drug-likeness (QED) is 0.920. The van der Waals surface area contributed by atoms with Crippen molar-refractivity contribution in [1.82, 2.24) is 0 Å². The smallest absolute Gasteiger partial charge is 0.0510 e. The van der Waals surface area contributed by atoms with Crippen LogP contribution in [0.25, 0.3) is 0 Å². The van der Waals surface area contributed by atoms with Crippen LogP contribution in [-0.2, 0) is 11.2 Å². The molecule has 2 atom stereocenters. The largest absolute Gasteiger partial charge is 0.381 e. The van der Waals surface area contributed by atoms with Gasteiger partial charge in [0.25, 0.3) is 0 Å². The molecule has 78 valence electrons. The van der Waals surface area contributed by atoms with Crippen molar-refractivity contribution in [3.63, 3.8) is 0 Å². The second kappa shape index (κ2) is 4.75. The molecule has 2 heterocycles. The monoisotopic (exact) mass is 275 g/mol. The molecule has 2 unspecified atom stereocenters. The van der Waals surface area contributed by atoms with Crippen LogP contribution in [0.15, 0.2) is 15.9 Å². The Morgan fingerprint density at radius 1 is 1.71 bits per heavy atom. The van der Waals surface area contributed by atoms with Crippen LogP contribution in [0.5, 0.6) is 0 Å². The zero-order chi connectivity index (χ0) is 9.97. The maximum Gasteiger partial charge on any atom is 0.0510 e. The highest BCUT2D eigenvalue weighted by Crippen LogP contribution is 2.24. The van der Waals surface area contributed by atoms with E-state index in [1.54, 1.807) is 11.3 Å². The molecule has 14 heavy (non-hydrogen) atoms. The summed E-state index contributed by atoms with van der Waals surface area (Å²) in [6.45, 7) is 1.72. The second-order valence-electron chi connectivity index (χ2n) is 3.72. The summed E-state index contributed by atoms with van der Waals surface area (Å²) in [6.07, 6.45) is 2.10. The maximum atomic E-state index is 6.13. The number of rotatable bonds is 3. The van der Waals surface area contributed by atoms with Crippen LogP contribution >= 0.6 is 27.3 Å². The Morgan fingerprint density at radius 3 is 3.14 bits per heavy atom. The van der Waals surface area contributed by atoms with Crippen molar-refractivity contribution in [3.05, 3.63) is 20.8 Å². The van der Waals surface area contributed by atoms with Gasteiger partial charge in [-0.05, 0) is 40.8 Å². The minimum atomic E-state index is 0.253.